The first-order chi connectivity index (χ1) is 7.77. The summed E-state index contributed by atoms with van der Waals surface area (Å²) < 4.78 is 5.59. The molecule has 2 rings (SSSR count). The van der Waals surface area contributed by atoms with Crippen LogP contribution in [-0.2, 0) is 0 Å². The van der Waals surface area contributed by atoms with Gasteiger partial charge in [0.05, 0.1) is 0 Å². The minimum Gasteiger partial charge on any atom is -0.477 e. The number of aromatic carboxylic acids is 1. The van der Waals surface area contributed by atoms with Crippen molar-refractivity contribution in [2.75, 3.05) is 13.1 Å². The molecule has 1 aliphatic heterocycles. The van der Waals surface area contributed by atoms with Crippen LogP contribution < -0.4 is 10.1 Å². The van der Waals surface area contributed by atoms with Crippen molar-refractivity contribution in [3.05, 3.63) is 23.9 Å². The Kier molecular flexibility index (Phi) is 3.36. The number of aromatic nitrogens is 1. The molecule has 1 aromatic heterocycles. The van der Waals surface area contributed by atoms with Gasteiger partial charge in [-0.25, -0.2) is 9.78 Å². The number of hydrogen-bond donors (Lipinski definition) is 2. The van der Waals surface area contributed by atoms with Crippen molar-refractivity contribution in [2.24, 2.45) is 0 Å². The predicted octanol–water partition coefficient (Wildman–Crippen LogP) is 0.911. The summed E-state index contributed by atoms with van der Waals surface area (Å²) in [6.45, 7) is 1.74. The van der Waals surface area contributed by atoms with E-state index in [1.54, 1.807) is 6.07 Å². The lowest BCUT2D eigenvalue weighted by molar-refractivity contribution is 0.0685. The number of pyridine rings is 1. The van der Waals surface area contributed by atoms with Gasteiger partial charge in [0, 0.05) is 12.7 Å². The first-order valence-corrected chi connectivity index (χ1v) is 5.33. The van der Waals surface area contributed by atoms with Crippen LogP contribution in [0, 0.1) is 0 Å². The Balaban J connectivity index is 2.10. The molecular weight excluding hydrogens is 208 g/mol. The van der Waals surface area contributed by atoms with Crippen LogP contribution in [0.5, 0.6) is 5.88 Å². The van der Waals surface area contributed by atoms with Gasteiger partial charge in [-0.05, 0) is 31.5 Å². The third-order valence-electron chi connectivity index (χ3n) is 2.53. The van der Waals surface area contributed by atoms with Crippen molar-refractivity contribution in [3.8, 4) is 5.88 Å². The molecule has 0 radical (unpaired) electrons. The van der Waals surface area contributed by atoms with Gasteiger partial charge in [0.15, 0.2) is 0 Å². The zero-order valence-electron chi connectivity index (χ0n) is 8.85. The quantitative estimate of drug-likeness (QED) is 0.795. The van der Waals surface area contributed by atoms with Crippen molar-refractivity contribution in [1.29, 1.82) is 0 Å². The molecule has 0 aromatic carbocycles. The number of carboxylic acids is 1. The Labute approximate surface area is 93.5 Å². The Morgan fingerprint density at radius 2 is 2.50 bits per heavy atom. The first-order valence-electron chi connectivity index (χ1n) is 5.33. The second-order valence-electron chi connectivity index (χ2n) is 3.75. The molecule has 86 valence electrons. The molecule has 0 spiro atoms. The zero-order valence-corrected chi connectivity index (χ0v) is 8.85. The summed E-state index contributed by atoms with van der Waals surface area (Å²) in [5.41, 5.74) is 0.119. The van der Waals surface area contributed by atoms with Gasteiger partial charge in [-0.2, -0.15) is 0 Å². The molecule has 1 aromatic rings. The normalized spacial score (nSPS) is 20.4. The van der Waals surface area contributed by atoms with Crippen LogP contribution in [0.1, 0.15) is 23.2 Å². The fraction of sp³-hybridized carbons (Fsp3) is 0.455. The molecule has 0 amide bonds. The fourth-order valence-corrected chi connectivity index (χ4v) is 1.73. The molecule has 1 aliphatic rings. The van der Waals surface area contributed by atoms with Crippen molar-refractivity contribution in [3.63, 3.8) is 0 Å². The number of carbonyl (C=O) groups is 1. The van der Waals surface area contributed by atoms with Gasteiger partial charge >= 0.3 is 5.97 Å². The molecule has 5 nitrogen and oxygen atoms in total. The summed E-state index contributed by atoms with van der Waals surface area (Å²) in [6, 6.07) is 3.09. The van der Waals surface area contributed by atoms with Gasteiger partial charge in [-0.3, -0.25) is 0 Å². The molecule has 1 fully saturated rings. The number of hydrogen-bond acceptors (Lipinski definition) is 4. The predicted molar refractivity (Wildman–Crippen MR) is 57.7 cm³/mol. The van der Waals surface area contributed by atoms with E-state index in [2.05, 4.69) is 10.3 Å². The van der Waals surface area contributed by atoms with Crippen LogP contribution in [0.3, 0.4) is 0 Å². The molecule has 5 heteroatoms. The molecule has 2 heterocycles. The van der Waals surface area contributed by atoms with E-state index in [1.165, 1.54) is 12.3 Å². The van der Waals surface area contributed by atoms with E-state index < -0.39 is 5.97 Å². The van der Waals surface area contributed by atoms with E-state index in [1.807, 2.05) is 0 Å². The van der Waals surface area contributed by atoms with Gasteiger partial charge in [0.1, 0.15) is 11.7 Å². The lowest BCUT2D eigenvalue weighted by atomic mass is 10.1. The fourth-order valence-electron chi connectivity index (χ4n) is 1.73. The Hall–Kier alpha value is -1.62. The van der Waals surface area contributed by atoms with E-state index in [9.17, 15) is 4.79 Å². The van der Waals surface area contributed by atoms with E-state index in [4.69, 9.17) is 9.84 Å². The SMILES string of the molecule is O=C(O)c1cccnc1OC1CCCNC1. The molecule has 0 bridgehead atoms. The Morgan fingerprint density at radius 3 is 3.19 bits per heavy atom. The van der Waals surface area contributed by atoms with Crippen LogP contribution >= 0.6 is 0 Å². The second-order valence-corrected chi connectivity index (χ2v) is 3.75. The highest BCUT2D eigenvalue weighted by atomic mass is 16.5. The summed E-state index contributed by atoms with van der Waals surface area (Å²) in [5.74, 6) is -0.796. The van der Waals surface area contributed by atoms with Crippen LogP contribution in [0.15, 0.2) is 18.3 Å². The third-order valence-corrected chi connectivity index (χ3v) is 2.53. The molecular formula is C11H14N2O3. The summed E-state index contributed by atoms with van der Waals surface area (Å²) in [6.07, 6.45) is 3.53. The summed E-state index contributed by atoms with van der Waals surface area (Å²) >= 11 is 0. The molecule has 16 heavy (non-hydrogen) atoms. The maximum absolute atomic E-state index is 10.9. The third kappa shape index (κ3) is 2.49. The maximum atomic E-state index is 10.9. The van der Waals surface area contributed by atoms with E-state index >= 15 is 0 Å². The number of carboxylic acid groups (broad SMARTS) is 1. The lowest BCUT2D eigenvalue weighted by Crippen LogP contribution is -2.37. The molecule has 2 N–H and O–H groups in total. The monoisotopic (exact) mass is 222 g/mol. The highest BCUT2D eigenvalue weighted by molar-refractivity contribution is 5.90. The number of piperidine rings is 1. The van der Waals surface area contributed by atoms with Crippen LogP contribution in [0.25, 0.3) is 0 Å². The Bertz CT molecular complexity index is 375. The number of nitrogens with one attached hydrogen (secondary N) is 1. The van der Waals surface area contributed by atoms with Crippen LogP contribution in [-0.4, -0.2) is 35.3 Å². The molecule has 1 saturated heterocycles. The Morgan fingerprint density at radius 1 is 1.62 bits per heavy atom. The van der Waals surface area contributed by atoms with Crippen LogP contribution in [0.4, 0.5) is 0 Å². The highest BCUT2D eigenvalue weighted by Gasteiger charge is 2.18. The number of ether oxygens (including phenoxy) is 1. The molecule has 0 aliphatic carbocycles. The first kappa shape index (κ1) is 10.9. The smallest absolute Gasteiger partial charge is 0.341 e. The molecule has 1 unspecified atom stereocenters. The standard InChI is InChI=1S/C11H14N2O3/c14-11(15)9-4-2-6-13-10(9)16-8-3-1-5-12-7-8/h2,4,6,8,12H,1,3,5,7H2,(H,14,15). The largest absolute Gasteiger partial charge is 0.477 e. The second kappa shape index (κ2) is 4.94. The average molecular weight is 222 g/mol. The van der Waals surface area contributed by atoms with Gasteiger partial charge in [0.2, 0.25) is 5.88 Å². The van der Waals surface area contributed by atoms with Crippen molar-refractivity contribution in [1.82, 2.24) is 10.3 Å². The van der Waals surface area contributed by atoms with Gasteiger partial charge in [0.25, 0.3) is 0 Å². The maximum Gasteiger partial charge on any atom is 0.341 e. The van der Waals surface area contributed by atoms with Crippen LogP contribution in [0.2, 0.25) is 0 Å². The molecule has 0 saturated carbocycles. The van der Waals surface area contributed by atoms with Crippen molar-refractivity contribution < 1.29 is 14.6 Å². The highest BCUT2D eigenvalue weighted by Crippen LogP contribution is 2.18. The summed E-state index contributed by atoms with van der Waals surface area (Å²) in [7, 11) is 0. The average Bonchev–Trinajstić information content (AvgIpc) is 2.31. The number of rotatable bonds is 3. The van der Waals surface area contributed by atoms with E-state index in [0.29, 0.717) is 0 Å². The van der Waals surface area contributed by atoms with Crippen molar-refractivity contribution >= 4 is 5.97 Å². The summed E-state index contributed by atoms with van der Waals surface area (Å²) in [5, 5.41) is 12.2. The van der Waals surface area contributed by atoms with Gasteiger partial charge in [-0.15, -0.1) is 0 Å². The minimum atomic E-state index is -1.01. The van der Waals surface area contributed by atoms with Gasteiger partial charge < -0.3 is 15.2 Å². The topological polar surface area (TPSA) is 71.5 Å². The van der Waals surface area contributed by atoms with E-state index in [0.717, 1.165) is 25.9 Å². The number of nitrogens with zero attached hydrogens (tertiary/aromatic N) is 1. The van der Waals surface area contributed by atoms with E-state index in [-0.39, 0.29) is 17.5 Å². The summed E-state index contributed by atoms with van der Waals surface area (Å²) in [4.78, 5) is 14.9. The molecule has 1 atom stereocenters. The zero-order chi connectivity index (χ0) is 11.4. The lowest BCUT2D eigenvalue weighted by Gasteiger charge is -2.23. The van der Waals surface area contributed by atoms with Crippen molar-refractivity contribution in [2.45, 2.75) is 18.9 Å². The minimum absolute atomic E-state index is 0.0155. The van der Waals surface area contributed by atoms with Gasteiger partial charge in [-0.1, -0.05) is 0 Å².